The Labute approximate surface area is 124 Å². The molecule has 0 bridgehead atoms. The van der Waals surface area contributed by atoms with Crippen LogP contribution in [0.3, 0.4) is 0 Å². The van der Waals surface area contributed by atoms with Gasteiger partial charge in [-0.05, 0) is 12.1 Å². The molecule has 0 saturated carbocycles. The molecule has 20 heavy (non-hydrogen) atoms. The molecule has 1 aromatic heterocycles. The summed E-state index contributed by atoms with van der Waals surface area (Å²) in [5, 5.41) is 3.08. The largest absolute Gasteiger partial charge is 0.490 e. The molecule has 2 aromatic rings. The quantitative estimate of drug-likeness (QED) is 0.594. The summed E-state index contributed by atoms with van der Waals surface area (Å²) in [6, 6.07) is 2.26. The van der Waals surface area contributed by atoms with Gasteiger partial charge in [-0.2, -0.15) is 0 Å². The van der Waals surface area contributed by atoms with E-state index in [1.54, 1.807) is 0 Å². The monoisotopic (exact) mass is 317 g/mol. The molecule has 1 aromatic carbocycles. The number of hydrazine groups is 1. The van der Waals surface area contributed by atoms with Gasteiger partial charge in [-0.3, -0.25) is 0 Å². The molecular weight excluding hydrogens is 308 g/mol. The highest BCUT2D eigenvalue weighted by atomic mass is 35.5. The zero-order chi connectivity index (χ0) is 14.7. The lowest BCUT2D eigenvalue weighted by Gasteiger charge is -2.14. The number of benzene rings is 1. The molecule has 106 valence electrons. The number of ether oxygens (including phenoxy) is 1. The lowest BCUT2D eigenvalue weighted by molar-refractivity contribution is 0.415. The summed E-state index contributed by atoms with van der Waals surface area (Å²) in [6.07, 6.45) is 1.27. The lowest BCUT2D eigenvalue weighted by Crippen LogP contribution is -2.11. The van der Waals surface area contributed by atoms with E-state index in [9.17, 15) is 4.39 Å². The van der Waals surface area contributed by atoms with E-state index in [1.165, 1.54) is 13.4 Å². The molecule has 1 heterocycles. The van der Waals surface area contributed by atoms with Crippen molar-refractivity contribution in [1.82, 2.24) is 9.97 Å². The van der Waals surface area contributed by atoms with E-state index < -0.39 is 5.82 Å². The molecule has 0 unspecified atom stereocenters. The predicted octanol–water partition coefficient (Wildman–Crippen LogP) is 2.96. The van der Waals surface area contributed by atoms with Gasteiger partial charge in [0.05, 0.1) is 22.8 Å². The first-order valence-corrected chi connectivity index (χ1v) is 6.09. The number of nitrogens with two attached hydrogens (primary N) is 1. The normalized spacial score (nSPS) is 10.2. The van der Waals surface area contributed by atoms with E-state index in [-0.39, 0.29) is 27.4 Å². The van der Waals surface area contributed by atoms with Crippen LogP contribution < -0.4 is 21.3 Å². The van der Waals surface area contributed by atoms with Crippen molar-refractivity contribution in [3.8, 4) is 5.75 Å². The Hall–Kier alpha value is -1.83. The fourth-order valence-electron chi connectivity index (χ4n) is 1.54. The summed E-state index contributed by atoms with van der Waals surface area (Å²) < 4.78 is 18.3. The van der Waals surface area contributed by atoms with E-state index in [0.717, 1.165) is 12.1 Å². The third-order valence-corrected chi connectivity index (χ3v) is 2.99. The Morgan fingerprint density at radius 1 is 1.20 bits per heavy atom. The van der Waals surface area contributed by atoms with E-state index in [4.69, 9.17) is 33.8 Å². The van der Waals surface area contributed by atoms with E-state index in [0.29, 0.717) is 5.69 Å². The topological polar surface area (TPSA) is 85.1 Å². The SMILES string of the molecule is COc1c(NN)ncnc1Nc1c(Cl)cc(F)cc1Cl. The molecule has 0 atom stereocenters. The van der Waals surface area contributed by atoms with Crippen LogP contribution in [0.25, 0.3) is 0 Å². The number of methoxy groups -OCH3 is 1. The molecule has 0 aliphatic rings. The minimum atomic E-state index is -0.537. The third-order valence-electron chi connectivity index (χ3n) is 2.39. The number of aromatic nitrogens is 2. The predicted molar refractivity (Wildman–Crippen MR) is 76.1 cm³/mol. The highest BCUT2D eigenvalue weighted by molar-refractivity contribution is 6.39. The van der Waals surface area contributed by atoms with Gasteiger partial charge >= 0.3 is 0 Å². The van der Waals surface area contributed by atoms with Crippen LogP contribution in [0.5, 0.6) is 5.75 Å². The van der Waals surface area contributed by atoms with Gasteiger partial charge in [0.1, 0.15) is 12.1 Å². The molecule has 4 N–H and O–H groups in total. The molecule has 6 nitrogen and oxygen atoms in total. The molecule has 0 aliphatic carbocycles. The summed E-state index contributed by atoms with van der Waals surface area (Å²) >= 11 is 11.9. The number of nitrogens with zero attached hydrogens (tertiary/aromatic N) is 2. The number of nitrogens with one attached hydrogen (secondary N) is 2. The zero-order valence-electron chi connectivity index (χ0n) is 10.2. The van der Waals surface area contributed by atoms with Crippen LogP contribution >= 0.6 is 23.2 Å². The van der Waals surface area contributed by atoms with Crippen molar-refractivity contribution >= 4 is 40.5 Å². The summed E-state index contributed by atoms with van der Waals surface area (Å²) in [5.74, 6) is 5.61. The van der Waals surface area contributed by atoms with Crippen LogP contribution in [0.2, 0.25) is 10.0 Å². The van der Waals surface area contributed by atoms with E-state index in [1.807, 2.05) is 0 Å². The van der Waals surface area contributed by atoms with Crippen LogP contribution in [-0.2, 0) is 0 Å². The molecular formula is C11H10Cl2FN5O. The van der Waals surface area contributed by atoms with E-state index in [2.05, 4.69) is 20.7 Å². The first kappa shape index (κ1) is 14.6. The van der Waals surface area contributed by atoms with Crippen molar-refractivity contribution in [1.29, 1.82) is 0 Å². The number of hydrogen-bond acceptors (Lipinski definition) is 6. The van der Waals surface area contributed by atoms with Gasteiger partial charge in [0, 0.05) is 0 Å². The number of halogens is 3. The van der Waals surface area contributed by atoms with Gasteiger partial charge in [0.2, 0.25) is 5.75 Å². The smallest absolute Gasteiger partial charge is 0.205 e. The standard InChI is InChI=1S/C11H10Cl2FN5O/c1-20-9-10(16-4-17-11(9)19-15)18-8-6(12)2-5(14)3-7(8)13/h2-4H,15H2,1H3,(H2,16,17,18,19). The molecule has 0 spiro atoms. The maximum atomic E-state index is 13.1. The number of rotatable bonds is 4. The van der Waals surface area contributed by atoms with Crippen molar-refractivity contribution in [2.45, 2.75) is 0 Å². The molecule has 0 aliphatic heterocycles. The molecule has 0 radical (unpaired) electrons. The summed E-state index contributed by atoms with van der Waals surface area (Å²) in [5.41, 5.74) is 2.67. The van der Waals surface area contributed by atoms with Gasteiger partial charge in [-0.1, -0.05) is 23.2 Å². The Morgan fingerprint density at radius 3 is 2.35 bits per heavy atom. The average Bonchev–Trinajstić information content (AvgIpc) is 2.42. The summed E-state index contributed by atoms with van der Waals surface area (Å²) in [6.45, 7) is 0. The van der Waals surface area contributed by atoms with Crippen molar-refractivity contribution in [3.63, 3.8) is 0 Å². The number of anilines is 3. The second-order valence-electron chi connectivity index (χ2n) is 3.62. The zero-order valence-corrected chi connectivity index (χ0v) is 11.8. The van der Waals surface area contributed by atoms with Crippen LogP contribution in [0.1, 0.15) is 0 Å². The van der Waals surface area contributed by atoms with Crippen LogP contribution in [-0.4, -0.2) is 17.1 Å². The van der Waals surface area contributed by atoms with Crippen molar-refractivity contribution in [2.24, 2.45) is 5.84 Å². The van der Waals surface area contributed by atoms with Gasteiger partial charge in [-0.15, -0.1) is 0 Å². The lowest BCUT2D eigenvalue weighted by atomic mass is 10.3. The number of hydrogen-bond donors (Lipinski definition) is 3. The first-order valence-electron chi connectivity index (χ1n) is 5.34. The Balaban J connectivity index is 2.45. The van der Waals surface area contributed by atoms with Crippen molar-refractivity contribution in [2.75, 3.05) is 17.9 Å². The highest BCUT2D eigenvalue weighted by Gasteiger charge is 2.15. The van der Waals surface area contributed by atoms with Gasteiger partial charge in [0.25, 0.3) is 0 Å². The van der Waals surface area contributed by atoms with Crippen LogP contribution in [0.15, 0.2) is 18.5 Å². The fraction of sp³-hybridized carbons (Fsp3) is 0.0909. The van der Waals surface area contributed by atoms with Crippen molar-refractivity contribution < 1.29 is 9.13 Å². The van der Waals surface area contributed by atoms with Crippen LogP contribution in [0.4, 0.5) is 21.7 Å². The van der Waals surface area contributed by atoms with Crippen molar-refractivity contribution in [3.05, 3.63) is 34.3 Å². The van der Waals surface area contributed by atoms with Gasteiger partial charge in [0.15, 0.2) is 11.6 Å². The maximum absolute atomic E-state index is 13.1. The van der Waals surface area contributed by atoms with E-state index >= 15 is 0 Å². The van der Waals surface area contributed by atoms with Gasteiger partial charge < -0.3 is 15.5 Å². The second kappa shape index (κ2) is 6.08. The summed E-state index contributed by atoms with van der Waals surface area (Å²) in [7, 11) is 1.43. The first-order chi connectivity index (χ1) is 9.56. The van der Waals surface area contributed by atoms with Crippen LogP contribution in [0, 0.1) is 5.82 Å². The molecule has 0 saturated heterocycles. The average molecular weight is 318 g/mol. The highest BCUT2D eigenvalue weighted by Crippen LogP contribution is 2.37. The fourth-order valence-corrected chi connectivity index (χ4v) is 2.09. The molecule has 9 heteroatoms. The van der Waals surface area contributed by atoms with Gasteiger partial charge in [-0.25, -0.2) is 20.2 Å². The minimum absolute atomic E-state index is 0.109. The Kier molecular flexibility index (Phi) is 4.43. The number of nitrogen functional groups attached to an aromatic ring is 1. The molecule has 2 rings (SSSR count). The molecule has 0 fully saturated rings. The second-order valence-corrected chi connectivity index (χ2v) is 4.43. The Bertz CT molecular complexity index is 617. The maximum Gasteiger partial charge on any atom is 0.205 e. The molecule has 0 amide bonds. The Morgan fingerprint density at radius 2 is 1.80 bits per heavy atom. The minimum Gasteiger partial charge on any atom is -0.490 e. The third kappa shape index (κ3) is 2.84. The summed E-state index contributed by atoms with van der Waals surface area (Å²) in [4.78, 5) is 7.90.